The third-order valence-electron chi connectivity index (χ3n) is 3.02. The summed E-state index contributed by atoms with van der Waals surface area (Å²) in [5.74, 6) is 0.651. The molecule has 1 unspecified atom stereocenters. The first-order valence-electron chi connectivity index (χ1n) is 6.25. The average Bonchev–Trinajstić information content (AvgIpc) is 2.91. The average molecular weight is 340 g/mol. The number of tetrazole rings is 1. The zero-order chi connectivity index (χ0) is 13.9. The summed E-state index contributed by atoms with van der Waals surface area (Å²) in [6, 6.07) is 5.54. The molecule has 0 radical (unpaired) electrons. The smallest absolute Gasteiger partial charge is 0.183 e. The fraction of sp³-hybridized carbons (Fsp3) is 0.417. The van der Waals surface area contributed by atoms with E-state index in [1.165, 1.54) is 0 Å². The van der Waals surface area contributed by atoms with Crippen LogP contribution in [-0.4, -0.2) is 46.1 Å². The standard InChI is InChI=1S/C12H14BrN5O2/c13-11-2-1-8(14)5-10(11)12-15-16-17-18(12)6-9-7-19-3-4-20-9/h1-2,5,9H,3-4,6-7,14H2. The summed E-state index contributed by atoms with van der Waals surface area (Å²) in [5, 5.41) is 11.8. The third kappa shape index (κ3) is 2.82. The van der Waals surface area contributed by atoms with Gasteiger partial charge in [0, 0.05) is 15.7 Å². The van der Waals surface area contributed by atoms with Crippen molar-refractivity contribution in [2.75, 3.05) is 25.6 Å². The normalized spacial score (nSPS) is 19.1. The van der Waals surface area contributed by atoms with Crippen molar-refractivity contribution in [2.24, 2.45) is 0 Å². The van der Waals surface area contributed by atoms with Crippen LogP contribution in [0.3, 0.4) is 0 Å². The van der Waals surface area contributed by atoms with Crippen LogP contribution in [0.15, 0.2) is 22.7 Å². The molecular weight excluding hydrogens is 326 g/mol. The van der Waals surface area contributed by atoms with Gasteiger partial charge in [0.25, 0.3) is 0 Å². The van der Waals surface area contributed by atoms with Crippen molar-refractivity contribution < 1.29 is 9.47 Å². The Hall–Kier alpha value is -1.51. The van der Waals surface area contributed by atoms with E-state index in [0.717, 1.165) is 10.0 Å². The zero-order valence-corrected chi connectivity index (χ0v) is 12.3. The van der Waals surface area contributed by atoms with Gasteiger partial charge in [-0.05, 0) is 28.6 Å². The second kappa shape index (κ2) is 5.86. The van der Waals surface area contributed by atoms with Crippen LogP contribution in [0.2, 0.25) is 0 Å². The molecule has 3 rings (SSSR count). The molecule has 0 aliphatic carbocycles. The minimum atomic E-state index is -0.0363. The number of hydrogen-bond donors (Lipinski definition) is 1. The van der Waals surface area contributed by atoms with Crippen molar-refractivity contribution in [1.82, 2.24) is 20.2 Å². The number of halogens is 1. The molecule has 0 saturated carbocycles. The Kier molecular flexibility index (Phi) is 3.95. The van der Waals surface area contributed by atoms with Gasteiger partial charge in [0.1, 0.15) is 6.10 Å². The molecule has 1 saturated heterocycles. The van der Waals surface area contributed by atoms with Crippen molar-refractivity contribution in [1.29, 1.82) is 0 Å². The van der Waals surface area contributed by atoms with Crippen molar-refractivity contribution in [3.05, 3.63) is 22.7 Å². The summed E-state index contributed by atoms with van der Waals surface area (Å²) in [6.45, 7) is 2.34. The Morgan fingerprint density at radius 3 is 3.10 bits per heavy atom. The van der Waals surface area contributed by atoms with E-state index < -0.39 is 0 Å². The minimum absolute atomic E-state index is 0.0363. The van der Waals surface area contributed by atoms with E-state index in [4.69, 9.17) is 15.2 Å². The molecule has 0 spiro atoms. The van der Waals surface area contributed by atoms with Gasteiger partial charge in [0.2, 0.25) is 0 Å². The van der Waals surface area contributed by atoms with Crippen molar-refractivity contribution in [2.45, 2.75) is 12.6 Å². The second-order valence-corrected chi connectivity index (χ2v) is 5.35. The summed E-state index contributed by atoms with van der Waals surface area (Å²) >= 11 is 3.49. The Morgan fingerprint density at radius 2 is 2.30 bits per heavy atom. The van der Waals surface area contributed by atoms with Gasteiger partial charge in [-0.15, -0.1) is 5.10 Å². The lowest BCUT2D eigenvalue weighted by atomic mass is 10.2. The third-order valence-corrected chi connectivity index (χ3v) is 3.72. The monoisotopic (exact) mass is 339 g/mol. The van der Waals surface area contributed by atoms with Crippen LogP contribution in [0.4, 0.5) is 5.69 Å². The van der Waals surface area contributed by atoms with Crippen LogP contribution < -0.4 is 5.73 Å². The number of ether oxygens (including phenoxy) is 2. The SMILES string of the molecule is Nc1ccc(Br)c(-c2nnnn2CC2COCCO2)c1. The lowest BCUT2D eigenvalue weighted by Gasteiger charge is -2.22. The van der Waals surface area contributed by atoms with Crippen LogP contribution in [-0.2, 0) is 16.0 Å². The quantitative estimate of drug-likeness (QED) is 0.842. The van der Waals surface area contributed by atoms with Crippen molar-refractivity contribution >= 4 is 21.6 Å². The number of nitrogens with two attached hydrogens (primary N) is 1. The molecule has 1 aliphatic rings. The minimum Gasteiger partial charge on any atom is -0.399 e. The van der Waals surface area contributed by atoms with E-state index in [1.807, 2.05) is 18.2 Å². The molecule has 0 amide bonds. The fourth-order valence-electron chi connectivity index (χ4n) is 2.07. The van der Waals surface area contributed by atoms with Crippen molar-refractivity contribution in [3.8, 4) is 11.4 Å². The van der Waals surface area contributed by atoms with E-state index in [-0.39, 0.29) is 6.10 Å². The summed E-state index contributed by atoms with van der Waals surface area (Å²) in [7, 11) is 0. The molecule has 2 N–H and O–H groups in total. The highest BCUT2D eigenvalue weighted by Crippen LogP contribution is 2.28. The molecule has 1 aliphatic heterocycles. The van der Waals surface area contributed by atoms with Gasteiger partial charge in [0.15, 0.2) is 5.82 Å². The predicted molar refractivity (Wildman–Crippen MR) is 75.9 cm³/mol. The summed E-state index contributed by atoms with van der Waals surface area (Å²) in [5.41, 5.74) is 7.34. The number of aromatic nitrogens is 4. The van der Waals surface area contributed by atoms with Gasteiger partial charge in [-0.1, -0.05) is 15.9 Å². The Balaban J connectivity index is 1.87. The molecule has 1 atom stereocenters. The van der Waals surface area contributed by atoms with Crippen LogP contribution in [0.1, 0.15) is 0 Å². The van der Waals surface area contributed by atoms with E-state index in [1.54, 1.807) is 4.68 Å². The van der Waals surface area contributed by atoms with E-state index in [9.17, 15) is 0 Å². The van der Waals surface area contributed by atoms with Crippen molar-refractivity contribution in [3.63, 3.8) is 0 Å². The molecule has 7 nitrogen and oxygen atoms in total. The van der Waals surface area contributed by atoms with Gasteiger partial charge >= 0.3 is 0 Å². The number of hydrogen-bond acceptors (Lipinski definition) is 6. The molecule has 1 fully saturated rings. The van der Waals surface area contributed by atoms with E-state index in [2.05, 4.69) is 31.5 Å². The lowest BCUT2D eigenvalue weighted by molar-refractivity contribution is -0.0946. The lowest BCUT2D eigenvalue weighted by Crippen LogP contribution is -2.32. The van der Waals surface area contributed by atoms with Gasteiger partial charge in [-0.25, -0.2) is 4.68 Å². The molecule has 0 bridgehead atoms. The Morgan fingerprint density at radius 1 is 1.40 bits per heavy atom. The maximum Gasteiger partial charge on any atom is 0.183 e. The molecule has 2 heterocycles. The highest BCUT2D eigenvalue weighted by molar-refractivity contribution is 9.10. The Labute approximate surface area is 124 Å². The van der Waals surface area contributed by atoms with Crippen LogP contribution in [0.25, 0.3) is 11.4 Å². The zero-order valence-electron chi connectivity index (χ0n) is 10.7. The Bertz CT molecular complexity index is 597. The maximum atomic E-state index is 5.82. The number of rotatable bonds is 3. The number of anilines is 1. The molecular formula is C12H14BrN5O2. The van der Waals surface area contributed by atoms with Crippen LogP contribution in [0.5, 0.6) is 0 Å². The van der Waals surface area contributed by atoms with Crippen LogP contribution >= 0.6 is 15.9 Å². The fourth-order valence-corrected chi connectivity index (χ4v) is 2.49. The molecule has 106 valence electrons. The van der Waals surface area contributed by atoms with Gasteiger partial charge in [-0.3, -0.25) is 0 Å². The van der Waals surface area contributed by atoms with Gasteiger partial charge in [-0.2, -0.15) is 0 Å². The van der Waals surface area contributed by atoms with E-state index in [0.29, 0.717) is 37.9 Å². The molecule has 2 aromatic rings. The molecule has 1 aromatic carbocycles. The number of nitrogens with zero attached hydrogens (tertiary/aromatic N) is 4. The highest BCUT2D eigenvalue weighted by atomic mass is 79.9. The summed E-state index contributed by atoms with van der Waals surface area (Å²) in [4.78, 5) is 0. The van der Waals surface area contributed by atoms with Crippen LogP contribution in [0, 0.1) is 0 Å². The largest absolute Gasteiger partial charge is 0.399 e. The van der Waals surface area contributed by atoms with Gasteiger partial charge < -0.3 is 15.2 Å². The first-order chi connectivity index (χ1) is 9.74. The molecule has 1 aromatic heterocycles. The topological polar surface area (TPSA) is 88.1 Å². The summed E-state index contributed by atoms with van der Waals surface area (Å²) < 4.78 is 13.6. The number of benzene rings is 1. The molecule has 20 heavy (non-hydrogen) atoms. The maximum absolute atomic E-state index is 5.82. The first kappa shape index (κ1) is 13.5. The molecule has 8 heteroatoms. The highest BCUT2D eigenvalue weighted by Gasteiger charge is 2.19. The van der Waals surface area contributed by atoms with E-state index >= 15 is 0 Å². The van der Waals surface area contributed by atoms with Gasteiger partial charge in [0.05, 0.1) is 26.4 Å². The summed E-state index contributed by atoms with van der Waals surface area (Å²) in [6.07, 6.45) is -0.0363. The predicted octanol–water partition coefficient (Wildman–Crippen LogP) is 1.10. The first-order valence-corrected chi connectivity index (χ1v) is 7.04. The second-order valence-electron chi connectivity index (χ2n) is 4.49. The number of nitrogen functional groups attached to an aromatic ring is 1.